The Kier molecular flexibility index (Phi) is 6.49. The number of carbonyl (C=O) groups is 2. The van der Waals surface area contributed by atoms with Crippen molar-refractivity contribution in [2.75, 3.05) is 19.6 Å². The summed E-state index contributed by atoms with van der Waals surface area (Å²) in [5.74, 6) is 0.234. The highest BCUT2D eigenvalue weighted by Crippen LogP contribution is 2.32. The number of nitrogens with zero attached hydrogens (tertiary/aromatic N) is 3. The van der Waals surface area contributed by atoms with Gasteiger partial charge in [0.15, 0.2) is 0 Å². The van der Waals surface area contributed by atoms with Crippen molar-refractivity contribution in [3.8, 4) is 0 Å². The number of hydrogen-bond acceptors (Lipinski definition) is 4. The first-order valence-electron chi connectivity index (χ1n) is 8.86. The van der Waals surface area contributed by atoms with Crippen LogP contribution in [0.2, 0.25) is 0 Å². The molecule has 1 aliphatic heterocycles. The number of hydrogen-bond donors (Lipinski definition) is 0. The highest BCUT2D eigenvalue weighted by molar-refractivity contribution is 5.95. The maximum atomic E-state index is 12.8. The van der Waals surface area contributed by atoms with Crippen molar-refractivity contribution in [3.63, 3.8) is 0 Å². The maximum Gasteiger partial charge on any atom is 0.272 e. The van der Waals surface area contributed by atoms with Crippen molar-refractivity contribution >= 4 is 18.4 Å². The van der Waals surface area contributed by atoms with Gasteiger partial charge in [-0.3, -0.25) is 14.7 Å². The van der Waals surface area contributed by atoms with Crippen LogP contribution >= 0.6 is 0 Å². The quantitative estimate of drug-likeness (QED) is 0.427. The highest BCUT2D eigenvalue weighted by atomic mass is 16.2. The van der Waals surface area contributed by atoms with Crippen molar-refractivity contribution in [2.24, 2.45) is 10.9 Å². The average molecular weight is 331 g/mol. The highest BCUT2D eigenvalue weighted by Gasteiger charge is 2.38. The summed E-state index contributed by atoms with van der Waals surface area (Å²) in [5, 5.41) is 0. The van der Waals surface area contributed by atoms with E-state index in [4.69, 9.17) is 0 Å². The lowest BCUT2D eigenvalue weighted by molar-refractivity contribution is -0.131. The SMILES string of the molecule is C=C(C)/C=N\C(=C/CC)C(=O)N1CCN(C2CC(C=O)C2)C(C)C1. The lowest BCUT2D eigenvalue weighted by Gasteiger charge is -2.48. The lowest BCUT2D eigenvalue weighted by Crippen LogP contribution is -2.59. The van der Waals surface area contributed by atoms with Crippen molar-refractivity contribution in [3.05, 3.63) is 23.9 Å². The zero-order chi connectivity index (χ0) is 17.7. The van der Waals surface area contributed by atoms with Gasteiger partial charge in [0.2, 0.25) is 0 Å². The number of allylic oxidation sites excluding steroid dienone is 2. The number of rotatable bonds is 6. The zero-order valence-corrected chi connectivity index (χ0v) is 15.1. The molecule has 2 rings (SSSR count). The predicted molar refractivity (Wildman–Crippen MR) is 97.0 cm³/mol. The van der Waals surface area contributed by atoms with E-state index in [1.54, 1.807) is 6.21 Å². The Morgan fingerprint density at radius 3 is 2.58 bits per heavy atom. The summed E-state index contributed by atoms with van der Waals surface area (Å²) in [5.41, 5.74) is 1.34. The molecular formula is C19H29N3O2. The molecule has 1 saturated carbocycles. The van der Waals surface area contributed by atoms with Crippen LogP contribution in [-0.2, 0) is 9.59 Å². The fourth-order valence-electron chi connectivity index (χ4n) is 3.44. The minimum absolute atomic E-state index is 0.000211. The molecule has 0 bridgehead atoms. The largest absolute Gasteiger partial charge is 0.334 e. The molecule has 5 nitrogen and oxygen atoms in total. The summed E-state index contributed by atoms with van der Waals surface area (Å²) in [6.45, 7) is 12.1. The molecule has 0 aromatic carbocycles. The van der Waals surface area contributed by atoms with Crippen LogP contribution in [0.1, 0.15) is 40.0 Å². The minimum atomic E-state index is 0.000211. The van der Waals surface area contributed by atoms with Gasteiger partial charge in [0.25, 0.3) is 5.91 Å². The van der Waals surface area contributed by atoms with Gasteiger partial charge in [0.05, 0.1) is 0 Å². The molecular weight excluding hydrogens is 302 g/mol. The Labute approximate surface area is 145 Å². The number of amides is 1. The van der Waals surface area contributed by atoms with Gasteiger partial charge in [-0.2, -0.15) is 0 Å². The van der Waals surface area contributed by atoms with Gasteiger partial charge in [-0.25, -0.2) is 0 Å². The first-order chi connectivity index (χ1) is 11.5. The van der Waals surface area contributed by atoms with E-state index in [1.165, 1.54) is 0 Å². The summed E-state index contributed by atoms with van der Waals surface area (Å²) >= 11 is 0. The van der Waals surface area contributed by atoms with E-state index < -0.39 is 0 Å². The van der Waals surface area contributed by atoms with Crippen LogP contribution in [-0.4, -0.2) is 59.9 Å². The first kappa shape index (κ1) is 18.6. The summed E-state index contributed by atoms with van der Waals surface area (Å²) in [6.07, 6.45) is 7.30. The van der Waals surface area contributed by atoms with E-state index >= 15 is 0 Å². The Bertz CT molecular complexity index is 547. The number of aliphatic imine (C=N–C) groups is 1. The minimum Gasteiger partial charge on any atom is -0.334 e. The monoisotopic (exact) mass is 331 g/mol. The summed E-state index contributed by atoms with van der Waals surface area (Å²) in [6, 6.07) is 0.813. The molecule has 1 atom stereocenters. The second-order valence-corrected chi connectivity index (χ2v) is 6.96. The van der Waals surface area contributed by atoms with Gasteiger partial charge >= 0.3 is 0 Å². The molecule has 0 aromatic heterocycles. The van der Waals surface area contributed by atoms with Crippen LogP contribution in [0.15, 0.2) is 28.9 Å². The second kappa shape index (κ2) is 8.38. The molecule has 2 aliphatic rings. The van der Waals surface area contributed by atoms with E-state index in [2.05, 4.69) is 23.4 Å². The fourth-order valence-corrected chi connectivity index (χ4v) is 3.44. The standard InChI is InChI=1S/C19H29N3O2/c1-5-6-18(20-11-14(2)3)19(24)21-7-8-22(15(4)12-21)17-9-16(10-17)13-23/h6,11,13,15-17H,2,5,7-10,12H2,1,3-4H3/b18-6-,20-11-. The molecule has 5 heteroatoms. The van der Waals surface area contributed by atoms with E-state index in [-0.39, 0.29) is 11.8 Å². The molecule has 0 aromatic rings. The Hall–Kier alpha value is -1.75. The van der Waals surface area contributed by atoms with Crippen molar-refractivity contribution in [2.45, 2.75) is 52.1 Å². The number of piperazine rings is 1. The van der Waals surface area contributed by atoms with Crippen LogP contribution in [0.4, 0.5) is 0 Å². The van der Waals surface area contributed by atoms with Crippen molar-refractivity contribution in [1.29, 1.82) is 0 Å². The topological polar surface area (TPSA) is 53.0 Å². The Morgan fingerprint density at radius 1 is 1.33 bits per heavy atom. The first-order valence-corrected chi connectivity index (χ1v) is 8.86. The maximum absolute atomic E-state index is 12.8. The summed E-state index contributed by atoms with van der Waals surface area (Å²) in [7, 11) is 0. The third-order valence-electron chi connectivity index (χ3n) is 4.82. The normalized spacial score (nSPS) is 28.7. The Balaban J connectivity index is 1.96. The lowest BCUT2D eigenvalue weighted by atomic mass is 9.79. The number of carbonyl (C=O) groups excluding carboxylic acids is 2. The van der Waals surface area contributed by atoms with Crippen molar-refractivity contribution < 1.29 is 9.59 Å². The molecule has 24 heavy (non-hydrogen) atoms. The number of aldehydes is 1. The molecule has 0 N–H and O–H groups in total. The molecule has 2 fully saturated rings. The molecule has 1 saturated heterocycles. The summed E-state index contributed by atoms with van der Waals surface area (Å²) in [4.78, 5) is 32.2. The van der Waals surface area contributed by atoms with Gasteiger partial charge in [-0.15, -0.1) is 0 Å². The Morgan fingerprint density at radius 2 is 2.04 bits per heavy atom. The molecule has 1 heterocycles. The molecule has 1 aliphatic carbocycles. The molecule has 1 unspecified atom stereocenters. The van der Waals surface area contributed by atoms with Crippen LogP contribution in [0.25, 0.3) is 0 Å². The van der Waals surface area contributed by atoms with E-state index in [9.17, 15) is 9.59 Å². The van der Waals surface area contributed by atoms with Gasteiger partial charge < -0.3 is 9.69 Å². The van der Waals surface area contributed by atoms with Gasteiger partial charge in [0.1, 0.15) is 12.0 Å². The van der Waals surface area contributed by atoms with E-state index in [0.717, 1.165) is 44.2 Å². The van der Waals surface area contributed by atoms with E-state index in [0.29, 0.717) is 24.3 Å². The van der Waals surface area contributed by atoms with Gasteiger partial charge in [0, 0.05) is 43.9 Å². The smallest absolute Gasteiger partial charge is 0.272 e. The van der Waals surface area contributed by atoms with Crippen LogP contribution in [0, 0.1) is 5.92 Å². The molecule has 1 amide bonds. The third kappa shape index (κ3) is 4.41. The van der Waals surface area contributed by atoms with Gasteiger partial charge in [-0.1, -0.05) is 19.6 Å². The second-order valence-electron chi connectivity index (χ2n) is 6.96. The van der Waals surface area contributed by atoms with Gasteiger partial charge in [-0.05, 0) is 38.7 Å². The van der Waals surface area contributed by atoms with Crippen LogP contribution in [0.5, 0.6) is 0 Å². The molecule has 132 valence electrons. The predicted octanol–water partition coefficient (Wildman–Crippen LogP) is 2.44. The molecule has 0 radical (unpaired) electrons. The molecule has 0 spiro atoms. The third-order valence-corrected chi connectivity index (χ3v) is 4.82. The average Bonchev–Trinajstić information content (AvgIpc) is 2.51. The fraction of sp³-hybridized carbons (Fsp3) is 0.632. The van der Waals surface area contributed by atoms with Crippen LogP contribution in [0.3, 0.4) is 0 Å². The van der Waals surface area contributed by atoms with Crippen molar-refractivity contribution in [1.82, 2.24) is 9.80 Å². The van der Waals surface area contributed by atoms with E-state index in [1.807, 2.05) is 24.8 Å². The summed E-state index contributed by atoms with van der Waals surface area (Å²) < 4.78 is 0. The van der Waals surface area contributed by atoms with Crippen LogP contribution < -0.4 is 0 Å². The zero-order valence-electron chi connectivity index (χ0n) is 15.1.